The summed E-state index contributed by atoms with van der Waals surface area (Å²) in [6.07, 6.45) is 5.72. The quantitative estimate of drug-likeness (QED) is 0.406. The van der Waals surface area contributed by atoms with Gasteiger partial charge in [-0.1, -0.05) is 19.3 Å². The molecule has 1 aliphatic heterocycles. The Kier molecular flexibility index (Phi) is 8.69. The van der Waals surface area contributed by atoms with Gasteiger partial charge in [-0.25, -0.2) is 13.2 Å². The van der Waals surface area contributed by atoms with Crippen molar-refractivity contribution >= 4 is 34.0 Å². The van der Waals surface area contributed by atoms with E-state index in [-0.39, 0.29) is 6.09 Å². The number of nitrogens with zero attached hydrogens (tertiary/aromatic N) is 3. The summed E-state index contributed by atoms with van der Waals surface area (Å²) in [7, 11) is -2.79. The second kappa shape index (κ2) is 11.3. The fraction of sp³-hybridized carbons (Fsp3) is 0.696. The molecule has 2 aliphatic rings. The van der Waals surface area contributed by atoms with E-state index in [1.165, 1.54) is 23.6 Å². The van der Waals surface area contributed by atoms with E-state index >= 15 is 0 Å². The van der Waals surface area contributed by atoms with Gasteiger partial charge in [0.25, 0.3) is 0 Å². The predicted octanol–water partition coefficient (Wildman–Crippen LogP) is 2.90. The summed E-state index contributed by atoms with van der Waals surface area (Å²) in [6.45, 7) is 8.94. The van der Waals surface area contributed by atoms with E-state index in [1.54, 1.807) is 11.0 Å². The van der Waals surface area contributed by atoms with E-state index < -0.39 is 16.5 Å². The molecule has 0 atom stereocenters. The third-order valence-electron chi connectivity index (χ3n) is 6.15. The Hall–Kier alpha value is -2.20. The maximum absolute atomic E-state index is 12.2. The molecule has 0 spiro atoms. The number of ether oxygens (including phenoxy) is 1. The number of nitrogens with one attached hydrogen (secondary N) is 1. The van der Waals surface area contributed by atoms with Crippen molar-refractivity contribution in [3.05, 3.63) is 18.2 Å². The molecular formula is C23H39N5O4S. The molecule has 1 aromatic carbocycles. The third-order valence-corrected chi connectivity index (χ3v) is 6.97. The van der Waals surface area contributed by atoms with Crippen LogP contribution < -0.4 is 15.4 Å². The molecule has 0 radical (unpaired) electrons. The van der Waals surface area contributed by atoms with E-state index in [9.17, 15) is 13.2 Å². The van der Waals surface area contributed by atoms with E-state index in [2.05, 4.69) is 10.2 Å². The van der Waals surface area contributed by atoms with Crippen molar-refractivity contribution in [1.29, 1.82) is 0 Å². The predicted molar refractivity (Wildman–Crippen MR) is 133 cm³/mol. The Bertz CT molecular complexity index is 864. The standard InChI is InChI=1S/C23H39N5O4S/c1-23(2,3)32-22(29)27-14-11-26(12-15-27)13-16-28(33(30)31)19-9-10-21(20(24)17-19)25-18-7-5-4-6-8-18/h9-10,17-18,25,33H,4-8,11-16,24H2,1-3H3. The fourth-order valence-corrected chi connectivity index (χ4v) is 4.90. The van der Waals surface area contributed by atoms with Gasteiger partial charge in [-0.2, -0.15) is 0 Å². The molecule has 33 heavy (non-hydrogen) atoms. The van der Waals surface area contributed by atoms with Crippen molar-refractivity contribution in [2.24, 2.45) is 0 Å². The van der Waals surface area contributed by atoms with Crippen molar-refractivity contribution in [3.8, 4) is 0 Å². The fourth-order valence-electron chi connectivity index (χ4n) is 4.33. The number of carbonyl (C=O) groups is 1. The molecular weight excluding hydrogens is 442 g/mol. The lowest BCUT2D eigenvalue weighted by Gasteiger charge is -2.36. The van der Waals surface area contributed by atoms with Crippen LogP contribution >= 0.6 is 0 Å². The highest BCUT2D eigenvalue weighted by Gasteiger charge is 2.26. The van der Waals surface area contributed by atoms with Gasteiger partial charge in [0.05, 0.1) is 17.1 Å². The summed E-state index contributed by atoms with van der Waals surface area (Å²) in [4.78, 5) is 16.1. The number of nitrogen functional groups attached to an aromatic ring is 1. The van der Waals surface area contributed by atoms with E-state index in [4.69, 9.17) is 10.5 Å². The molecule has 9 nitrogen and oxygen atoms in total. The first-order chi connectivity index (χ1) is 15.6. The lowest BCUT2D eigenvalue weighted by Crippen LogP contribution is -2.51. The number of benzene rings is 1. The highest BCUT2D eigenvalue weighted by molar-refractivity contribution is 7.74. The van der Waals surface area contributed by atoms with Gasteiger partial charge in [-0.15, -0.1) is 0 Å². The molecule has 0 bridgehead atoms. The first-order valence-corrected chi connectivity index (χ1v) is 13.0. The van der Waals surface area contributed by atoms with Crippen LogP contribution in [-0.2, 0) is 15.6 Å². The zero-order valence-corrected chi connectivity index (χ0v) is 21.0. The zero-order valence-electron chi connectivity index (χ0n) is 20.1. The van der Waals surface area contributed by atoms with Crippen LogP contribution in [0.4, 0.5) is 21.9 Å². The maximum Gasteiger partial charge on any atom is 0.410 e. The topological polar surface area (TPSA) is 108 Å². The van der Waals surface area contributed by atoms with Gasteiger partial charge in [0.15, 0.2) is 0 Å². The number of hydrogen-bond donors (Lipinski definition) is 3. The van der Waals surface area contributed by atoms with Crippen LogP contribution in [0, 0.1) is 0 Å². The Balaban J connectivity index is 1.53. The average molecular weight is 482 g/mol. The van der Waals surface area contributed by atoms with Crippen LogP contribution in [0.1, 0.15) is 52.9 Å². The summed E-state index contributed by atoms with van der Waals surface area (Å²) in [5.74, 6) is 0. The Morgan fingerprint density at radius 1 is 1.15 bits per heavy atom. The van der Waals surface area contributed by atoms with Gasteiger partial charge >= 0.3 is 6.09 Å². The van der Waals surface area contributed by atoms with Crippen LogP contribution in [0.2, 0.25) is 0 Å². The van der Waals surface area contributed by atoms with Crippen LogP contribution in [0.5, 0.6) is 0 Å². The lowest BCUT2D eigenvalue weighted by atomic mass is 9.95. The van der Waals surface area contributed by atoms with Crippen molar-refractivity contribution in [2.75, 3.05) is 54.6 Å². The monoisotopic (exact) mass is 481 g/mol. The summed E-state index contributed by atoms with van der Waals surface area (Å²) in [5, 5.41) is 3.51. The van der Waals surface area contributed by atoms with Crippen molar-refractivity contribution in [3.63, 3.8) is 0 Å². The third kappa shape index (κ3) is 7.67. The zero-order chi connectivity index (χ0) is 24.0. The van der Waals surface area contributed by atoms with Gasteiger partial charge in [0.2, 0.25) is 10.9 Å². The highest BCUT2D eigenvalue weighted by Crippen LogP contribution is 2.29. The highest BCUT2D eigenvalue weighted by atomic mass is 32.2. The van der Waals surface area contributed by atoms with Gasteiger partial charge in [-0.3, -0.25) is 9.21 Å². The van der Waals surface area contributed by atoms with Gasteiger partial charge in [0, 0.05) is 45.3 Å². The number of anilines is 3. The minimum atomic E-state index is -2.79. The van der Waals surface area contributed by atoms with Gasteiger partial charge in [-0.05, 0) is 51.8 Å². The molecule has 2 fully saturated rings. The van der Waals surface area contributed by atoms with E-state index in [1.807, 2.05) is 32.9 Å². The minimum absolute atomic E-state index is 0.302. The van der Waals surface area contributed by atoms with E-state index in [0.717, 1.165) is 18.5 Å². The number of carbonyl (C=O) groups excluding carboxylic acids is 1. The Labute approximate surface area is 199 Å². The number of hydrogen-bond acceptors (Lipinski definition) is 7. The first-order valence-electron chi connectivity index (χ1n) is 11.9. The molecule has 1 heterocycles. The second-order valence-corrected chi connectivity index (χ2v) is 10.9. The normalized spacial score (nSPS) is 18.4. The number of rotatable bonds is 7. The summed E-state index contributed by atoms with van der Waals surface area (Å²) in [6, 6.07) is 5.85. The Morgan fingerprint density at radius 2 is 1.82 bits per heavy atom. The Morgan fingerprint density at radius 3 is 2.39 bits per heavy atom. The molecule has 1 aromatic rings. The smallest absolute Gasteiger partial charge is 0.410 e. The van der Waals surface area contributed by atoms with Gasteiger partial charge < -0.3 is 20.7 Å². The summed E-state index contributed by atoms with van der Waals surface area (Å²) >= 11 is 0. The van der Waals surface area contributed by atoms with E-state index in [0.29, 0.717) is 56.7 Å². The van der Waals surface area contributed by atoms with Crippen LogP contribution in [-0.4, -0.2) is 75.2 Å². The average Bonchev–Trinajstić information content (AvgIpc) is 2.75. The van der Waals surface area contributed by atoms with Crippen molar-refractivity contribution in [1.82, 2.24) is 9.80 Å². The number of thiol groups is 1. The SMILES string of the molecule is CC(C)(C)OC(=O)N1CCN(CCN(c2ccc(NC3CCCCC3)c(N)c2)[SH](=O)=O)CC1. The molecule has 1 saturated carbocycles. The molecule has 1 saturated heterocycles. The number of piperazine rings is 1. The lowest BCUT2D eigenvalue weighted by molar-refractivity contribution is 0.0148. The molecule has 186 valence electrons. The van der Waals surface area contributed by atoms with Gasteiger partial charge in [0.1, 0.15) is 5.60 Å². The summed E-state index contributed by atoms with van der Waals surface area (Å²) in [5.41, 5.74) is 7.74. The minimum Gasteiger partial charge on any atom is -0.444 e. The van der Waals surface area contributed by atoms with Crippen molar-refractivity contribution < 1.29 is 17.9 Å². The van der Waals surface area contributed by atoms with Crippen LogP contribution in [0.15, 0.2) is 18.2 Å². The number of amides is 1. The molecule has 10 heteroatoms. The van der Waals surface area contributed by atoms with Crippen LogP contribution in [0.25, 0.3) is 0 Å². The molecule has 1 amide bonds. The molecule has 3 N–H and O–H groups in total. The molecule has 0 aromatic heterocycles. The van der Waals surface area contributed by atoms with Crippen molar-refractivity contribution in [2.45, 2.75) is 64.5 Å². The number of nitrogens with two attached hydrogens (primary N) is 1. The molecule has 0 unspecified atom stereocenters. The largest absolute Gasteiger partial charge is 0.444 e. The maximum atomic E-state index is 12.2. The summed E-state index contributed by atoms with van der Waals surface area (Å²) < 4.78 is 30.8. The molecule has 3 rings (SSSR count). The molecule has 1 aliphatic carbocycles. The van der Waals surface area contributed by atoms with Crippen LogP contribution in [0.3, 0.4) is 0 Å². The second-order valence-electron chi connectivity index (χ2n) is 9.92. The first kappa shape index (κ1) is 25.4.